The van der Waals surface area contributed by atoms with Gasteiger partial charge in [0.1, 0.15) is 11.4 Å². The van der Waals surface area contributed by atoms with Gasteiger partial charge >= 0.3 is 6.18 Å². The Morgan fingerprint density at radius 1 is 1.21 bits per heavy atom. The van der Waals surface area contributed by atoms with Crippen LogP contribution in [0.25, 0.3) is 5.57 Å². The number of hydrogen-bond donors (Lipinski definition) is 3. The second-order valence-corrected chi connectivity index (χ2v) is 9.79. The summed E-state index contributed by atoms with van der Waals surface area (Å²) in [7, 11) is -3.65. The topological polar surface area (TPSA) is 96.5 Å². The van der Waals surface area contributed by atoms with Gasteiger partial charge in [0, 0.05) is 35.9 Å². The smallest absolute Gasteiger partial charge is 0.416 e. The zero-order valence-corrected chi connectivity index (χ0v) is 19.4. The van der Waals surface area contributed by atoms with E-state index < -0.39 is 33.5 Å². The molecule has 0 fully saturated rings. The molecular weight excluding hydrogens is 471 g/mol. The molecule has 0 spiro atoms. The van der Waals surface area contributed by atoms with Crippen LogP contribution in [0.15, 0.2) is 42.5 Å². The fourth-order valence-corrected chi connectivity index (χ4v) is 5.09. The first-order valence-electron chi connectivity index (χ1n) is 10.8. The van der Waals surface area contributed by atoms with E-state index in [2.05, 4.69) is 14.8 Å². The molecule has 0 radical (unpaired) electrons. The molecular formula is C23H24F3N3O4S. The molecule has 3 N–H and O–H groups in total. The maximum Gasteiger partial charge on any atom is 0.416 e. The maximum atomic E-state index is 13.3. The van der Waals surface area contributed by atoms with Gasteiger partial charge in [0.2, 0.25) is 5.91 Å². The normalized spacial score (nSPS) is 19.4. The molecule has 2 aromatic carbocycles. The number of fused-ring (bicyclic) bond motifs is 2. The zero-order chi connectivity index (χ0) is 24.7. The average Bonchev–Trinajstić information content (AvgIpc) is 2.77. The molecule has 4 rings (SSSR count). The first kappa shape index (κ1) is 24.1. The molecule has 2 aliphatic heterocycles. The fourth-order valence-electron chi connectivity index (χ4n) is 4.20. The molecule has 1 amide bonds. The van der Waals surface area contributed by atoms with Crippen molar-refractivity contribution in [3.05, 3.63) is 59.2 Å². The summed E-state index contributed by atoms with van der Waals surface area (Å²) in [6.45, 7) is 3.79. The summed E-state index contributed by atoms with van der Waals surface area (Å²) in [5.74, 6) is -0.384. The third-order valence-corrected chi connectivity index (χ3v) is 7.22. The highest BCUT2D eigenvalue weighted by molar-refractivity contribution is 7.90. The zero-order valence-electron chi connectivity index (χ0n) is 18.5. The van der Waals surface area contributed by atoms with Crippen LogP contribution in [0.3, 0.4) is 0 Å². The summed E-state index contributed by atoms with van der Waals surface area (Å²) in [5, 5.41) is 2.76. The monoisotopic (exact) mass is 495 g/mol. The number of amides is 1. The Kier molecular flexibility index (Phi) is 6.11. The minimum atomic E-state index is -4.51. The molecule has 0 bridgehead atoms. The second kappa shape index (κ2) is 8.62. The Morgan fingerprint density at radius 2 is 1.94 bits per heavy atom. The lowest BCUT2D eigenvalue weighted by Crippen LogP contribution is -2.38. The molecule has 2 aliphatic rings. The number of rotatable bonds is 4. The van der Waals surface area contributed by atoms with Gasteiger partial charge in [-0.05, 0) is 42.7 Å². The van der Waals surface area contributed by atoms with Gasteiger partial charge < -0.3 is 10.1 Å². The van der Waals surface area contributed by atoms with Crippen molar-refractivity contribution in [2.45, 2.75) is 51.4 Å². The number of halogens is 3. The van der Waals surface area contributed by atoms with E-state index in [1.54, 1.807) is 18.2 Å². The summed E-state index contributed by atoms with van der Waals surface area (Å²) in [6, 6.07) is 8.13. The van der Waals surface area contributed by atoms with Crippen molar-refractivity contribution in [2.24, 2.45) is 0 Å². The maximum absolute atomic E-state index is 13.3. The summed E-state index contributed by atoms with van der Waals surface area (Å²) >= 11 is 0. The fraction of sp³-hybridized carbons (Fsp3) is 0.348. The molecule has 7 nitrogen and oxygen atoms in total. The highest BCUT2D eigenvalue weighted by Crippen LogP contribution is 2.45. The summed E-state index contributed by atoms with van der Waals surface area (Å²) in [6.07, 6.45) is -1.68. The van der Waals surface area contributed by atoms with Crippen LogP contribution in [0.2, 0.25) is 0 Å². The van der Waals surface area contributed by atoms with Crippen molar-refractivity contribution < 1.29 is 31.1 Å². The van der Waals surface area contributed by atoms with Gasteiger partial charge in [-0.1, -0.05) is 26.0 Å². The molecule has 11 heteroatoms. The molecule has 0 atom stereocenters. The number of carbonyl (C=O) groups is 1. The van der Waals surface area contributed by atoms with Crippen LogP contribution in [0.5, 0.6) is 5.75 Å². The summed E-state index contributed by atoms with van der Waals surface area (Å²) in [5.41, 5.74) is 0.816. The molecule has 0 saturated heterocycles. The molecule has 2 aromatic rings. The van der Waals surface area contributed by atoms with Crippen LogP contribution in [-0.2, 0) is 27.7 Å². The van der Waals surface area contributed by atoms with E-state index in [1.807, 2.05) is 13.8 Å². The van der Waals surface area contributed by atoms with Crippen molar-refractivity contribution in [1.82, 2.24) is 4.72 Å². The van der Waals surface area contributed by atoms with Gasteiger partial charge in [-0.15, -0.1) is 0 Å². The van der Waals surface area contributed by atoms with Crippen LogP contribution < -0.4 is 19.5 Å². The number of benzene rings is 2. The van der Waals surface area contributed by atoms with E-state index in [9.17, 15) is 26.4 Å². The minimum absolute atomic E-state index is 0.00334. The molecule has 0 aromatic heterocycles. The Hall–Kier alpha value is -3.05. The predicted molar refractivity (Wildman–Crippen MR) is 122 cm³/mol. The molecule has 0 aliphatic carbocycles. The van der Waals surface area contributed by atoms with E-state index in [4.69, 9.17) is 4.74 Å². The lowest BCUT2D eigenvalue weighted by atomic mass is 9.83. The quantitative estimate of drug-likeness (QED) is 0.530. The Morgan fingerprint density at radius 3 is 2.62 bits per heavy atom. The van der Waals surface area contributed by atoms with Crippen LogP contribution in [-0.4, -0.2) is 19.9 Å². The van der Waals surface area contributed by atoms with E-state index in [0.717, 1.165) is 12.1 Å². The van der Waals surface area contributed by atoms with Gasteiger partial charge in [0.15, 0.2) is 0 Å². The second-order valence-electron chi connectivity index (χ2n) is 8.29. The Labute approximate surface area is 195 Å². The molecule has 0 saturated carbocycles. The molecule has 182 valence electrons. The van der Waals surface area contributed by atoms with Gasteiger partial charge in [-0.2, -0.15) is 26.3 Å². The van der Waals surface area contributed by atoms with Crippen LogP contribution in [0, 0.1) is 0 Å². The van der Waals surface area contributed by atoms with Crippen molar-refractivity contribution >= 4 is 33.1 Å². The van der Waals surface area contributed by atoms with Crippen LogP contribution in [0.4, 0.5) is 24.5 Å². The number of anilines is 2. The highest BCUT2D eigenvalue weighted by atomic mass is 32.2. The van der Waals surface area contributed by atoms with Crippen molar-refractivity contribution in [1.29, 1.82) is 0 Å². The third-order valence-electron chi connectivity index (χ3n) is 6.21. The van der Waals surface area contributed by atoms with Gasteiger partial charge in [0.05, 0.1) is 11.3 Å². The molecule has 34 heavy (non-hydrogen) atoms. The number of hydrogen-bond acceptors (Lipinski definition) is 4. The van der Waals surface area contributed by atoms with E-state index in [-0.39, 0.29) is 12.3 Å². The minimum Gasteiger partial charge on any atom is -0.486 e. The first-order chi connectivity index (χ1) is 16.0. The first-order valence-corrected chi connectivity index (χ1v) is 12.2. The Bertz CT molecular complexity index is 1270. The van der Waals surface area contributed by atoms with Gasteiger partial charge in [0.25, 0.3) is 10.2 Å². The van der Waals surface area contributed by atoms with E-state index in [0.29, 0.717) is 47.3 Å². The van der Waals surface area contributed by atoms with Crippen molar-refractivity contribution in [3.63, 3.8) is 0 Å². The number of alkyl halides is 3. The molecule has 2 heterocycles. The third kappa shape index (κ3) is 4.76. The average molecular weight is 496 g/mol. The lowest BCUT2D eigenvalue weighted by Gasteiger charge is -2.39. The van der Waals surface area contributed by atoms with Crippen molar-refractivity contribution in [3.8, 4) is 5.75 Å². The molecule has 0 unspecified atom stereocenters. The predicted octanol–water partition coefficient (Wildman–Crippen LogP) is 4.83. The van der Waals surface area contributed by atoms with E-state index >= 15 is 0 Å². The Balaban J connectivity index is 1.68. The lowest BCUT2D eigenvalue weighted by molar-refractivity contribution is -0.137. The SMILES string of the molecule is CCC1(CC)CC(=CC(=O)Nc2cccc3c2CNS(=O)(=O)N3)c2ccc(C(F)(F)F)cc2O1. The number of ether oxygens (including phenoxy) is 1. The van der Waals surface area contributed by atoms with E-state index in [1.165, 1.54) is 12.1 Å². The highest BCUT2D eigenvalue weighted by Gasteiger charge is 2.38. The van der Waals surface area contributed by atoms with Crippen molar-refractivity contribution in [2.75, 3.05) is 10.0 Å². The van der Waals surface area contributed by atoms with Crippen LogP contribution >= 0.6 is 0 Å². The largest absolute Gasteiger partial charge is 0.486 e. The van der Waals surface area contributed by atoms with Crippen LogP contribution in [0.1, 0.15) is 49.8 Å². The number of nitrogens with one attached hydrogen (secondary N) is 3. The number of carbonyl (C=O) groups excluding carboxylic acids is 1. The van der Waals surface area contributed by atoms with Gasteiger partial charge in [-0.3, -0.25) is 9.52 Å². The van der Waals surface area contributed by atoms with Gasteiger partial charge in [-0.25, -0.2) is 0 Å². The standard InChI is InChI=1S/C23H24F3N3O4S/c1-3-22(4-2)12-14(16-9-8-15(23(24,25)26)11-20(16)33-22)10-21(30)28-18-6-5-7-19-17(18)13-27-34(31,32)29-19/h5-11,27,29H,3-4,12-13H2,1-2H3,(H,28,30). The summed E-state index contributed by atoms with van der Waals surface area (Å²) < 4.78 is 74.0. The summed E-state index contributed by atoms with van der Waals surface area (Å²) in [4.78, 5) is 13.0.